The van der Waals surface area contributed by atoms with Crippen LogP contribution in [-0.2, 0) is 7.05 Å². The van der Waals surface area contributed by atoms with Crippen molar-refractivity contribution in [3.8, 4) is 17.1 Å². The van der Waals surface area contributed by atoms with Crippen LogP contribution in [0.3, 0.4) is 0 Å². The van der Waals surface area contributed by atoms with Crippen molar-refractivity contribution in [1.29, 1.82) is 0 Å². The van der Waals surface area contributed by atoms with Gasteiger partial charge in [0.05, 0.1) is 35.4 Å². The van der Waals surface area contributed by atoms with E-state index in [4.69, 9.17) is 4.74 Å². The Bertz CT molecular complexity index is 1560. The number of guanidine groups is 1. The Hall–Kier alpha value is -4.41. The molecule has 3 aromatic rings. The number of amides is 3. The second kappa shape index (κ2) is 10.2. The van der Waals surface area contributed by atoms with E-state index in [-0.39, 0.29) is 18.0 Å². The number of fused-ring (bicyclic) bond motifs is 7. The van der Waals surface area contributed by atoms with Crippen LogP contribution in [0.15, 0.2) is 41.5 Å². The molecule has 0 saturated heterocycles. The number of carbonyl (C=O) groups is 2. The number of rotatable bonds is 3. The molecule has 0 spiro atoms. The zero-order chi connectivity index (χ0) is 28.1. The maximum Gasteiger partial charge on any atom is 0.319 e. The van der Waals surface area contributed by atoms with Gasteiger partial charge in [-0.05, 0) is 87.6 Å². The third kappa shape index (κ3) is 5.36. The Balaban J connectivity index is 1.25. The van der Waals surface area contributed by atoms with E-state index in [1.54, 1.807) is 23.0 Å². The molecule has 212 valence electrons. The maximum atomic E-state index is 13.6. The van der Waals surface area contributed by atoms with Gasteiger partial charge in [-0.25, -0.2) is 9.48 Å². The molecule has 2 aliphatic heterocycles. The Labute approximate surface area is 238 Å². The zero-order valence-corrected chi connectivity index (χ0v) is 23.3. The smallest absolute Gasteiger partial charge is 0.319 e. The van der Waals surface area contributed by atoms with Gasteiger partial charge < -0.3 is 25.6 Å². The van der Waals surface area contributed by atoms with E-state index in [1.807, 2.05) is 32.2 Å². The van der Waals surface area contributed by atoms with Crippen molar-refractivity contribution in [2.24, 2.45) is 23.9 Å². The van der Waals surface area contributed by atoms with E-state index in [1.165, 1.54) is 12.8 Å². The summed E-state index contributed by atoms with van der Waals surface area (Å²) < 4.78 is 7.96. The Kier molecular flexibility index (Phi) is 6.36. The normalized spacial score (nSPS) is 21.6. The van der Waals surface area contributed by atoms with Crippen molar-refractivity contribution >= 4 is 35.0 Å². The standard InChI is InChI=1S/C30H34N8O3/c1-17-12-20-13-24(32-17)23-15-31-37(2)28(23)41-11-3-4-19(18-5-6-18)16-38-26-10-9-22(34-30(40)33-21-7-8-21)14-25(26)35-29(38)36-27(20)39/h9-10,12-15,18-19,21H,3-8,11,16H2,1-2H3,(H2,33,34,40)(H,35,36,39)/t19-/m1/s1. The molecule has 3 amide bonds. The highest BCUT2D eigenvalue weighted by Crippen LogP contribution is 2.43. The van der Waals surface area contributed by atoms with Crippen LogP contribution < -0.4 is 25.6 Å². The number of anilines is 3. The van der Waals surface area contributed by atoms with Crippen LogP contribution >= 0.6 is 0 Å². The first-order valence-corrected chi connectivity index (χ1v) is 14.4. The fourth-order valence-corrected chi connectivity index (χ4v) is 5.76. The summed E-state index contributed by atoms with van der Waals surface area (Å²) in [5.41, 5.74) is 4.97. The number of nitrogens with zero attached hydrogens (tertiary/aromatic N) is 5. The third-order valence-electron chi connectivity index (χ3n) is 8.19. The van der Waals surface area contributed by atoms with E-state index in [2.05, 4.69) is 35.9 Å². The molecule has 7 rings (SSSR count). The second-order valence-corrected chi connectivity index (χ2v) is 11.5. The number of ether oxygens (including phenoxy) is 1. The van der Waals surface area contributed by atoms with Gasteiger partial charge in [-0.15, -0.1) is 0 Å². The molecule has 4 heterocycles. The predicted molar refractivity (Wildman–Crippen MR) is 156 cm³/mol. The molecule has 11 nitrogen and oxygen atoms in total. The minimum absolute atomic E-state index is 0.204. The van der Waals surface area contributed by atoms with Crippen LogP contribution in [0, 0.1) is 18.8 Å². The van der Waals surface area contributed by atoms with Crippen molar-refractivity contribution in [2.75, 3.05) is 28.7 Å². The van der Waals surface area contributed by atoms with Gasteiger partial charge in [0, 0.05) is 36.6 Å². The molecule has 41 heavy (non-hydrogen) atoms. The lowest BCUT2D eigenvalue weighted by Crippen LogP contribution is -2.36. The van der Waals surface area contributed by atoms with Gasteiger partial charge in [0.15, 0.2) is 0 Å². The third-order valence-corrected chi connectivity index (χ3v) is 8.19. The lowest BCUT2D eigenvalue weighted by molar-refractivity contribution is 0.100. The van der Waals surface area contributed by atoms with Gasteiger partial charge in [0.2, 0.25) is 11.8 Å². The number of urea groups is 1. The molecule has 0 unspecified atom stereocenters. The first kappa shape index (κ1) is 25.6. The molecule has 2 bridgehead atoms. The summed E-state index contributed by atoms with van der Waals surface area (Å²) in [7, 11) is 1.85. The SMILES string of the molecule is Cc1cc2cc(n1)-c1cnn(C)c1OCCC[C@@H](C1CC1)CN1/C(=N/C2=O)Nc2cc(NC(=O)NC3CC3)ccc21. The number of aliphatic imine (C=N–C) groups is 1. The van der Waals surface area contributed by atoms with Gasteiger partial charge in [-0.3, -0.25) is 9.78 Å². The van der Waals surface area contributed by atoms with Gasteiger partial charge in [-0.2, -0.15) is 10.1 Å². The van der Waals surface area contributed by atoms with Crippen LogP contribution in [0.2, 0.25) is 0 Å². The summed E-state index contributed by atoms with van der Waals surface area (Å²) in [6.07, 6.45) is 8.11. The van der Waals surface area contributed by atoms with Crippen LogP contribution in [0.1, 0.15) is 54.6 Å². The summed E-state index contributed by atoms with van der Waals surface area (Å²) >= 11 is 0. The topological polar surface area (TPSA) is 126 Å². The number of nitrogens with one attached hydrogen (secondary N) is 3. The number of aryl methyl sites for hydroxylation is 2. The van der Waals surface area contributed by atoms with Gasteiger partial charge >= 0.3 is 6.03 Å². The van der Waals surface area contributed by atoms with Gasteiger partial charge in [0.1, 0.15) is 0 Å². The van der Waals surface area contributed by atoms with E-state index in [0.717, 1.165) is 49.2 Å². The van der Waals surface area contributed by atoms with Crippen molar-refractivity contribution < 1.29 is 14.3 Å². The number of pyridine rings is 1. The number of hydrogen-bond donors (Lipinski definition) is 3. The van der Waals surface area contributed by atoms with Crippen molar-refractivity contribution in [2.45, 2.75) is 51.5 Å². The molecular formula is C30H34N8O3. The fraction of sp³-hybridized carbons (Fsp3) is 0.433. The van der Waals surface area contributed by atoms with E-state index < -0.39 is 0 Å². The van der Waals surface area contributed by atoms with Crippen LogP contribution in [0.5, 0.6) is 5.88 Å². The van der Waals surface area contributed by atoms with E-state index in [9.17, 15) is 9.59 Å². The van der Waals surface area contributed by atoms with E-state index in [0.29, 0.717) is 52.9 Å². The molecule has 2 aliphatic carbocycles. The number of aromatic nitrogens is 3. The molecule has 2 fully saturated rings. The number of benzene rings is 1. The zero-order valence-electron chi connectivity index (χ0n) is 23.3. The monoisotopic (exact) mass is 554 g/mol. The van der Waals surface area contributed by atoms with Gasteiger partial charge in [0.25, 0.3) is 5.91 Å². The lowest BCUT2D eigenvalue weighted by Gasteiger charge is -2.25. The molecule has 0 radical (unpaired) electrons. The first-order valence-electron chi connectivity index (χ1n) is 14.4. The molecule has 1 atom stereocenters. The Morgan fingerprint density at radius 3 is 2.76 bits per heavy atom. The molecule has 2 saturated carbocycles. The largest absolute Gasteiger partial charge is 0.477 e. The lowest BCUT2D eigenvalue weighted by atomic mass is 9.97. The highest BCUT2D eigenvalue weighted by Gasteiger charge is 2.36. The highest BCUT2D eigenvalue weighted by atomic mass is 16.5. The van der Waals surface area contributed by atoms with Crippen LogP contribution in [0.25, 0.3) is 11.3 Å². The summed E-state index contributed by atoms with van der Waals surface area (Å²) in [6, 6.07) is 9.37. The Morgan fingerprint density at radius 1 is 1.10 bits per heavy atom. The molecule has 4 aliphatic rings. The maximum absolute atomic E-state index is 13.6. The first-order chi connectivity index (χ1) is 19.9. The van der Waals surface area contributed by atoms with Gasteiger partial charge in [-0.1, -0.05) is 0 Å². The second-order valence-electron chi connectivity index (χ2n) is 11.5. The van der Waals surface area contributed by atoms with Crippen LogP contribution in [-0.4, -0.2) is 51.9 Å². The summed E-state index contributed by atoms with van der Waals surface area (Å²) in [6.45, 7) is 3.17. The summed E-state index contributed by atoms with van der Waals surface area (Å²) in [4.78, 5) is 37.4. The van der Waals surface area contributed by atoms with Crippen molar-refractivity contribution in [3.63, 3.8) is 0 Å². The fourth-order valence-electron chi connectivity index (χ4n) is 5.76. The Morgan fingerprint density at radius 2 is 1.95 bits per heavy atom. The molecule has 3 N–H and O–H groups in total. The summed E-state index contributed by atoms with van der Waals surface area (Å²) in [5, 5.41) is 13.7. The molecular weight excluding hydrogens is 520 g/mol. The van der Waals surface area contributed by atoms with Crippen LogP contribution in [0.4, 0.5) is 21.9 Å². The van der Waals surface area contributed by atoms with Crippen molar-refractivity contribution in [3.05, 3.63) is 47.8 Å². The predicted octanol–water partition coefficient (Wildman–Crippen LogP) is 4.70. The summed E-state index contributed by atoms with van der Waals surface area (Å²) in [5.74, 6) is 1.86. The number of carbonyl (C=O) groups excluding carboxylic acids is 2. The minimum Gasteiger partial charge on any atom is -0.477 e. The average molecular weight is 555 g/mol. The quantitative estimate of drug-likeness (QED) is 0.428. The molecule has 2 aromatic heterocycles. The molecule has 11 heteroatoms. The molecule has 1 aromatic carbocycles. The minimum atomic E-state index is -0.358. The average Bonchev–Trinajstić information content (AvgIpc) is 3.87. The highest BCUT2D eigenvalue weighted by molar-refractivity contribution is 6.19. The van der Waals surface area contributed by atoms with Crippen molar-refractivity contribution in [1.82, 2.24) is 20.1 Å². The van der Waals surface area contributed by atoms with E-state index >= 15 is 0 Å². The number of hydrogen-bond acceptors (Lipinski definition) is 7.